The molecule has 0 aliphatic carbocycles. The number of hydrogen-bond donors (Lipinski definition) is 2. The number of rotatable bonds is 5. The second-order valence-corrected chi connectivity index (χ2v) is 8.40. The summed E-state index contributed by atoms with van der Waals surface area (Å²) in [7, 11) is 0. The SMILES string of the molecule is O=C(O)[C@H](c1c[nH]c2ccc(Br)cc12)N1CCN(CC(=O)N2CCOCC2)CC1. The number of carboxylic acid groups (broad SMARTS) is 1. The van der Waals surface area contributed by atoms with Gasteiger partial charge >= 0.3 is 5.97 Å². The highest BCUT2D eigenvalue weighted by atomic mass is 79.9. The summed E-state index contributed by atoms with van der Waals surface area (Å²) in [5.41, 5.74) is 1.69. The molecule has 1 aromatic heterocycles. The smallest absolute Gasteiger partial charge is 0.325 e. The lowest BCUT2D eigenvalue weighted by molar-refractivity contribution is -0.145. The third-order valence-corrected chi connectivity index (χ3v) is 6.19. The van der Waals surface area contributed by atoms with E-state index in [4.69, 9.17) is 4.74 Å². The zero-order valence-corrected chi connectivity index (χ0v) is 17.7. The average molecular weight is 465 g/mol. The molecule has 9 heteroatoms. The number of nitrogens with zero attached hydrogens (tertiary/aromatic N) is 3. The normalized spacial score (nSPS) is 20.1. The summed E-state index contributed by atoms with van der Waals surface area (Å²) in [6.07, 6.45) is 1.80. The molecule has 8 nitrogen and oxygen atoms in total. The Bertz CT molecular complexity index is 888. The Morgan fingerprint density at radius 2 is 1.86 bits per heavy atom. The van der Waals surface area contributed by atoms with Crippen molar-refractivity contribution < 1.29 is 19.4 Å². The van der Waals surface area contributed by atoms with E-state index in [2.05, 4.69) is 25.8 Å². The van der Waals surface area contributed by atoms with Gasteiger partial charge in [-0.15, -0.1) is 0 Å². The number of benzene rings is 1. The van der Waals surface area contributed by atoms with E-state index in [0.29, 0.717) is 59.0 Å². The maximum atomic E-state index is 12.5. The predicted octanol–water partition coefficient (Wildman–Crippen LogP) is 1.53. The minimum atomic E-state index is -0.858. The molecule has 0 unspecified atom stereocenters. The highest BCUT2D eigenvalue weighted by molar-refractivity contribution is 9.10. The summed E-state index contributed by atoms with van der Waals surface area (Å²) in [5.74, 6) is -0.735. The van der Waals surface area contributed by atoms with Crippen molar-refractivity contribution in [2.75, 3.05) is 59.0 Å². The quantitative estimate of drug-likeness (QED) is 0.697. The van der Waals surface area contributed by atoms with E-state index < -0.39 is 12.0 Å². The van der Waals surface area contributed by atoms with E-state index in [-0.39, 0.29) is 5.91 Å². The van der Waals surface area contributed by atoms with Crippen molar-refractivity contribution in [3.63, 3.8) is 0 Å². The fourth-order valence-corrected chi connectivity index (χ4v) is 4.47. The Morgan fingerprint density at radius 1 is 1.14 bits per heavy atom. The Morgan fingerprint density at radius 3 is 2.55 bits per heavy atom. The van der Waals surface area contributed by atoms with Crippen LogP contribution in [0.1, 0.15) is 11.6 Å². The van der Waals surface area contributed by atoms with E-state index >= 15 is 0 Å². The van der Waals surface area contributed by atoms with E-state index in [9.17, 15) is 14.7 Å². The fraction of sp³-hybridized carbons (Fsp3) is 0.500. The molecule has 1 atom stereocenters. The molecule has 0 radical (unpaired) electrons. The Kier molecular flexibility index (Phi) is 6.19. The molecule has 2 aliphatic heterocycles. The number of fused-ring (bicyclic) bond motifs is 1. The molecule has 1 amide bonds. The van der Waals surface area contributed by atoms with Gasteiger partial charge in [-0.25, -0.2) is 0 Å². The monoisotopic (exact) mass is 464 g/mol. The molecule has 0 spiro atoms. The number of aromatic amines is 1. The van der Waals surface area contributed by atoms with Crippen molar-refractivity contribution in [2.45, 2.75) is 6.04 Å². The number of carbonyl (C=O) groups is 2. The third kappa shape index (κ3) is 4.48. The third-order valence-electron chi connectivity index (χ3n) is 5.70. The van der Waals surface area contributed by atoms with Crippen molar-refractivity contribution >= 4 is 38.7 Å². The maximum Gasteiger partial charge on any atom is 0.325 e. The highest BCUT2D eigenvalue weighted by Crippen LogP contribution is 2.31. The van der Waals surface area contributed by atoms with Crippen LogP contribution in [-0.2, 0) is 14.3 Å². The van der Waals surface area contributed by atoms with Crippen molar-refractivity contribution in [2.24, 2.45) is 0 Å². The van der Waals surface area contributed by atoms with Crippen LogP contribution in [0.4, 0.5) is 0 Å². The van der Waals surface area contributed by atoms with E-state index in [1.807, 2.05) is 28.0 Å². The van der Waals surface area contributed by atoms with Gasteiger partial charge in [-0.05, 0) is 18.2 Å². The van der Waals surface area contributed by atoms with Crippen LogP contribution in [0.5, 0.6) is 0 Å². The number of piperazine rings is 1. The van der Waals surface area contributed by atoms with Crippen molar-refractivity contribution in [1.29, 1.82) is 0 Å². The van der Waals surface area contributed by atoms with Crippen LogP contribution < -0.4 is 0 Å². The summed E-state index contributed by atoms with van der Waals surface area (Å²) < 4.78 is 6.22. The van der Waals surface area contributed by atoms with Gasteiger partial charge in [-0.3, -0.25) is 19.4 Å². The number of hydrogen-bond acceptors (Lipinski definition) is 5. The van der Waals surface area contributed by atoms with Crippen LogP contribution in [0, 0.1) is 0 Å². The number of aliphatic carboxylic acids is 1. The van der Waals surface area contributed by atoms with Crippen LogP contribution in [0.15, 0.2) is 28.9 Å². The standard InChI is InChI=1S/C20H25BrN4O4/c21-14-1-2-17-15(11-14)16(12-22-17)19(20(27)28)25-5-3-23(4-6-25)13-18(26)24-7-9-29-10-8-24/h1-2,11-12,19,22H,3-10,13H2,(H,27,28)/t19-/m0/s1. The number of H-pyrrole nitrogens is 1. The van der Waals surface area contributed by atoms with Gasteiger partial charge in [0, 0.05) is 66.4 Å². The highest BCUT2D eigenvalue weighted by Gasteiger charge is 2.33. The number of carbonyl (C=O) groups excluding carboxylic acids is 1. The fourth-order valence-electron chi connectivity index (χ4n) is 4.11. The van der Waals surface area contributed by atoms with Crippen LogP contribution in [0.25, 0.3) is 10.9 Å². The van der Waals surface area contributed by atoms with Gasteiger partial charge in [0.2, 0.25) is 5.91 Å². The Labute approximate surface area is 177 Å². The predicted molar refractivity (Wildman–Crippen MR) is 112 cm³/mol. The molecule has 2 N–H and O–H groups in total. The molecule has 2 saturated heterocycles. The van der Waals surface area contributed by atoms with Gasteiger partial charge in [0.15, 0.2) is 0 Å². The van der Waals surface area contributed by atoms with Gasteiger partial charge in [0.25, 0.3) is 0 Å². The maximum absolute atomic E-state index is 12.5. The van der Waals surface area contributed by atoms with Crippen molar-refractivity contribution in [3.8, 4) is 0 Å². The number of ether oxygens (including phenoxy) is 1. The molecule has 4 rings (SSSR count). The second kappa shape index (κ2) is 8.83. The van der Waals surface area contributed by atoms with Gasteiger partial charge in [0.1, 0.15) is 6.04 Å². The lowest BCUT2D eigenvalue weighted by Gasteiger charge is -2.38. The molecule has 3 heterocycles. The topological polar surface area (TPSA) is 89.1 Å². The summed E-state index contributed by atoms with van der Waals surface area (Å²) in [6, 6.07) is 5.11. The average Bonchev–Trinajstić information content (AvgIpc) is 3.12. The van der Waals surface area contributed by atoms with Gasteiger partial charge < -0.3 is 19.7 Å². The first kappa shape index (κ1) is 20.3. The number of morpholine rings is 1. The molecule has 0 saturated carbocycles. The number of amides is 1. The number of halogens is 1. The van der Waals surface area contributed by atoms with Gasteiger partial charge in [-0.2, -0.15) is 0 Å². The van der Waals surface area contributed by atoms with E-state index in [0.717, 1.165) is 20.9 Å². The minimum Gasteiger partial charge on any atom is -0.480 e. The minimum absolute atomic E-state index is 0.123. The van der Waals surface area contributed by atoms with Gasteiger partial charge in [0.05, 0.1) is 19.8 Å². The van der Waals surface area contributed by atoms with Crippen LogP contribution in [0.2, 0.25) is 0 Å². The summed E-state index contributed by atoms with van der Waals surface area (Å²) in [6.45, 7) is 5.43. The molecule has 2 fully saturated rings. The van der Waals surface area contributed by atoms with Crippen LogP contribution >= 0.6 is 15.9 Å². The number of carboxylic acids is 1. The number of nitrogens with one attached hydrogen (secondary N) is 1. The Hall–Kier alpha value is -1.94. The van der Waals surface area contributed by atoms with E-state index in [1.54, 1.807) is 6.20 Å². The molecule has 29 heavy (non-hydrogen) atoms. The molecular weight excluding hydrogens is 440 g/mol. The van der Waals surface area contributed by atoms with Crippen molar-refractivity contribution in [3.05, 3.63) is 34.4 Å². The first-order valence-corrected chi connectivity index (χ1v) is 10.6. The molecule has 0 bridgehead atoms. The first-order valence-electron chi connectivity index (χ1n) is 9.84. The molecule has 1 aromatic carbocycles. The number of aromatic nitrogens is 1. The zero-order valence-electron chi connectivity index (χ0n) is 16.1. The molecular formula is C20H25BrN4O4. The molecule has 2 aromatic rings. The zero-order chi connectivity index (χ0) is 20.4. The Balaban J connectivity index is 1.42. The second-order valence-electron chi connectivity index (χ2n) is 7.48. The van der Waals surface area contributed by atoms with Crippen LogP contribution in [-0.4, -0.2) is 95.7 Å². The first-order chi connectivity index (χ1) is 14.0. The van der Waals surface area contributed by atoms with Crippen molar-refractivity contribution in [1.82, 2.24) is 19.7 Å². The molecule has 156 valence electrons. The summed E-state index contributed by atoms with van der Waals surface area (Å²) in [4.78, 5) is 33.7. The van der Waals surface area contributed by atoms with Crippen LogP contribution in [0.3, 0.4) is 0 Å². The summed E-state index contributed by atoms with van der Waals surface area (Å²) >= 11 is 3.47. The largest absolute Gasteiger partial charge is 0.480 e. The molecule has 2 aliphatic rings. The lowest BCUT2D eigenvalue weighted by atomic mass is 10.0. The lowest BCUT2D eigenvalue weighted by Crippen LogP contribution is -2.52. The van der Waals surface area contributed by atoms with E-state index in [1.165, 1.54) is 0 Å². The summed E-state index contributed by atoms with van der Waals surface area (Å²) in [5, 5.41) is 10.9. The van der Waals surface area contributed by atoms with Gasteiger partial charge in [-0.1, -0.05) is 15.9 Å².